The molecule has 5 aromatic rings. The fraction of sp³-hybridized carbons (Fsp3) is 0.286. The zero-order valence-corrected chi connectivity index (χ0v) is 29.2. The number of aromatic nitrogens is 1. The largest absolute Gasteiger partial charge is 0.494 e. The quantitative estimate of drug-likeness (QED) is 0.0833. The maximum Gasteiger partial charge on any atom is 0.335 e. The molecule has 0 saturated carbocycles. The number of nitrogens with one attached hydrogen (secondary N) is 1. The van der Waals surface area contributed by atoms with Gasteiger partial charge in [0.25, 0.3) is 5.91 Å². The third-order valence-electron chi connectivity index (χ3n) is 8.35. The lowest BCUT2D eigenvalue weighted by atomic mass is 9.94. The molecule has 0 spiro atoms. The lowest BCUT2D eigenvalue weighted by Gasteiger charge is -2.18. The Kier molecular flexibility index (Phi) is 12.6. The van der Waals surface area contributed by atoms with Crippen LogP contribution in [0.3, 0.4) is 0 Å². The van der Waals surface area contributed by atoms with Gasteiger partial charge in [0.1, 0.15) is 11.6 Å². The first-order valence-electron chi connectivity index (χ1n) is 17.2. The summed E-state index contributed by atoms with van der Waals surface area (Å²) >= 11 is 0. The van der Waals surface area contributed by atoms with E-state index in [-0.39, 0.29) is 23.6 Å². The summed E-state index contributed by atoms with van der Waals surface area (Å²) in [6.45, 7) is 9.51. The molecule has 50 heavy (non-hydrogen) atoms. The van der Waals surface area contributed by atoms with Gasteiger partial charge in [0.15, 0.2) is 6.10 Å². The molecule has 5 rings (SSSR count). The number of esters is 1. The van der Waals surface area contributed by atoms with Crippen LogP contribution in [0.4, 0.5) is 10.1 Å². The standard InChI is InChI=1S/C42H45FN2O5/c1-5-48-36(42(47)49-6-2)28-30-18-24-35(25-19-30)50-27-13-26-45-39(29(3)4)38(41(46)44-34-16-11-8-12-17-34)37(31-14-9-7-10-15-31)40(45)32-20-22-33(43)23-21-32/h7-12,14-25,29,36H,5-6,13,26-28H2,1-4H3,(H,44,46)/t36-/m0/s1. The molecule has 0 unspecified atom stereocenters. The van der Waals surface area contributed by atoms with Crippen LogP contribution in [0.1, 0.15) is 61.6 Å². The fourth-order valence-electron chi connectivity index (χ4n) is 6.20. The topological polar surface area (TPSA) is 78.8 Å². The Balaban J connectivity index is 1.44. The van der Waals surface area contributed by atoms with Gasteiger partial charge < -0.3 is 24.1 Å². The maximum atomic E-state index is 14.3. The van der Waals surface area contributed by atoms with Gasteiger partial charge in [0.05, 0.1) is 24.5 Å². The van der Waals surface area contributed by atoms with E-state index in [4.69, 9.17) is 14.2 Å². The van der Waals surface area contributed by atoms with E-state index < -0.39 is 6.10 Å². The molecule has 0 aliphatic carbocycles. The van der Waals surface area contributed by atoms with Crippen LogP contribution in [0.2, 0.25) is 0 Å². The molecule has 0 saturated heterocycles. The Morgan fingerprint density at radius 2 is 1.46 bits per heavy atom. The first-order chi connectivity index (χ1) is 24.3. The monoisotopic (exact) mass is 676 g/mol. The zero-order valence-electron chi connectivity index (χ0n) is 29.2. The van der Waals surface area contributed by atoms with Crippen molar-refractivity contribution in [1.29, 1.82) is 0 Å². The van der Waals surface area contributed by atoms with Crippen LogP contribution < -0.4 is 10.1 Å². The number of rotatable bonds is 16. The van der Waals surface area contributed by atoms with Gasteiger partial charge in [-0.15, -0.1) is 0 Å². The normalized spacial score (nSPS) is 11.7. The first kappa shape index (κ1) is 36.1. The van der Waals surface area contributed by atoms with Crippen LogP contribution in [0, 0.1) is 5.82 Å². The Labute approximate surface area is 294 Å². The van der Waals surface area contributed by atoms with Gasteiger partial charge in [0, 0.05) is 36.5 Å². The molecule has 0 fully saturated rings. The molecule has 4 aromatic carbocycles. The van der Waals surface area contributed by atoms with E-state index in [1.165, 1.54) is 12.1 Å². The summed E-state index contributed by atoms with van der Waals surface area (Å²) in [5.74, 6) is -0.191. The number of anilines is 1. The number of amides is 1. The van der Waals surface area contributed by atoms with Crippen molar-refractivity contribution in [3.05, 3.63) is 132 Å². The smallest absolute Gasteiger partial charge is 0.335 e. The highest BCUT2D eigenvalue weighted by Crippen LogP contribution is 2.42. The molecular weight excluding hydrogens is 631 g/mol. The highest BCUT2D eigenvalue weighted by atomic mass is 19.1. The average molecular weight is 677 g/mol. The Bertz CT molecular complexity index is 1840. The number of ether oxygens (including phenoxy) is 3. The summed E-state index contributed by atoms with van der Waals surface area (Å²) in [7, 11) is 0. The predicted octanol–water partition coefficient (Wildman–Crippen LogP) is 9.32. The second kappa shape index (κ2) is 17.4. The highest BCUT2D eigenvalue weighted by Gasteiger charge is 2.30. The van der Waals surface area contributed by atoms with Crippen LogP contribution in [0.5, 0.6) is 5.75 Å². The number of nitrogens with zero attached hydrogens (tertiary/aromatic N) is 1. The van der Waals surface area contributed by atoms with Gasteiger partial charge >= 0.3 is 5.97 Å². The first-order valence-corrected chi connectivity index (χ1v) is 17.2. The molecule has 8 heteroatoms. The molecule has 0 radical (unpaired) electrons. The minimum absolute atomic E-state index is 0.00762. The van der Waals surface area contributed by atoms with E-state index in [0.717, 1.165) is 33.6 Å². The summed E-state index contributed by atoms with van der Waals surface area (Å²) in [6.07, 6.45) is 0.404. The van der Waals surface area contributed by atoms with E-state index >= 15 is 0 Å². The van der Waals surface area contributed by atoms with Crippen LogP contribution >= 0.6 is 0 Å². The third kappa shape index (κ3) is 8.87. The number of halogens is 1. The summed E-state index contributed by atoms with van der Waals surface area (Å²) in [6, 6.07) is 33.4. The van der Waals surface area contributed by atoms with Gasteiger partial charge in [-0.25, -0.2) is 9.18 Å². The summed E-state index contributed by atoms with van der Waals surface area (Å²) in [5, 5.41) is 3.12. The van der Waals surface area contributed by atoms with Gasteiger partial charge in [-0.3, -0.25) is 4.79 Å². The van der Waals surface area contributed by atoms with E-state index in [1.807, 2.05) is 91.9 Å². The fourth-order valence-corrected chi connectivity index (χ4v) is 6.20. The molecule has 0 bridgehead atoms. The molecular formula is C42H45FN2O5. The molecule has 1 aromatic heterocycles. The molecule has 0 aliphatic heterocycles. The summed E-state index contributed by atoms with van der Waals surface area (Å²) in [4.78, 5) is 26.6. The summed E-state index contributed by atoms with van der Waals surface area (Å²) in [5.41, 5.74) is 6.51. The zero-order chi connectivity index (χ0) is 35.5. The number of para-hydroxylation sites is 1. The van der Waals surface area contributed by atoms with E-state index in [2.05, 4.69) is 23.7 Å². The van der Waals surface area contributed by atoms with E-state index in [9.17, 15) is 14.0 Å². The number of carbonyl (C=O) groups excluding carboxylic acids is 2. The lowest BCUT2D eigenvalue weighted by molar-refractivity contribution is -0.156. The van der Waals surface area contributed by atoms with Crippen molar-refractivity contribution >= 4 is 17.6 Å². The minimum Gasteiger partial charge on any atom is -0.494 e. The number of hydrogen-bond acceptors (Lipinski definition) is 5. The van der Waals surface area contributed by atoms with Crippen molar-refractivity contribution in [2.24, 2.45) is 0 Å². The van der Waals surface area contributed by atoms with Crippen LogP contribution in [0.25, 0.3) is 22.4 Å². The molecule has 1 atom stereocenters. The van der Waals surface area contributed by atoms with E-state index in [1.54, 1.807) is 19.1 Å². The number of benzene rings is 4. The third-order valence-corrected chi connectivity index (χ3v) is 8.35. The SMILES string of the molecule is CCOC(=O)[C@H](Cc1ccc(OCCCn2c(-c3ccc(F)cc3)c(-c3ccccc3)c(C(=O)Nc3ccccc3)c2C(C)C)cc1)OCC. The van der Waals surface area contributed by atoms with Crippen molar-refractivity contribution in [1.82, 2.24) is 4.57 Å². The van der Waals surface area contributed by atoms with Gasteiger partial charge in [-0.05, 0) is 91.4 Å². The average Bonchev–Trinajstić information content (AvgIpc) is 3.47. The van der Waals surface area contributed by atoms with Gasteiger partial charge in [-0.1, -0.05) is 74.5 Å². The predicted molar refractivity (Wildman–Crippen MR) is 196 cm³/mol. The van der Waals surface area contributed by atoms with Gasteiger partial charge in [0.2, 0.25) is 0 Å². The molecule has 1 heterocycles. The van der Waals surface area contributed by atoms with Crippen LogP contribution in [0.15, 0.2) is 109 Å². The van der Waals surface area contributed by atoms with E-state index in [0.29, 0.717) is 56.2 Å². The number of carbonyl (C=O) groups is 2. The van der Waals surface area contributed by atoms with Crippen molar-refractivity contribution < 1.29 is 28.2 Å². The van der Waals surface area contributed by atoms with Crippen molar-refractivity contribution in [2.75, 3.05) is 25.1 Å². The minimum atomic E-state index is -0.654. The highest BCUT2D eigenvalue weighted by molar-refractivity contribution is 6.12. The van der Waals surface area contributed by atoms with Crippen molar-refractivity contribution in [2.45, 2.75) is 59.1 Å². The maximum absolute atomic E-state index is 14.3. The van der Waals surface area contributed by atoms with Crippen LogP contribution in [-0.4, -0.2) is 42.4 Å². The summed E-state index contributed by atoms with van der Waals surface area (Å²) < 4.78 is 33.3. The Hall–Kier alpha value is -5.21. The van der Waals surface area contributed by atoms with Crippen molar-refractivity contribution in [3.8, 4) is 28.1 Å². The lowest BCUT2D eigenvalue weighted by Crippen LogP contribution is -2.28. The molecule has 1 N–H and O–H groups in total. The molecule has 260 valence electrons. The molecule has 7 nitrogen and oxygen atoms in total. The second-order valence-corrected chi connectivity index (χ2v) is 12.2. The Morgan fingerprint density at radius 1 is 0.800 bits per heavy atom. The Morgan fingerprint density at radius 3 is 2.08 bits per heavy atom. The number of hydrogen-bond donors (Lipinski definition) is 1. The molecule has 0 aliphatic rings. The second-order valence-electron chi connectivity index (χ2n) is 12.2. The van der Waals surface area contributed by atoms with Crippen molar-refractivity contribution in [3.63, 3.8) is 0 Å². The van der Waals surface area contributed by atoms with Crippen LogP contribution in [-0.2, 0) is 27.2 Å². The molecule has 1 amide bonds. The van der Waals surface area contributed by atoms with Gasteiger partial charge in [-0.2, -0.15) is 0 Å².